The molecule has 0 aromatic rings. The third-order valence-electron chi connectivity index (χ3n) is 2.78. The third kappa shape index (κ3) is 2.32. The minimum atomic E-state index is -0.938. The van der Waals surface area contributed by atoms with Gasteiger partial charge in [0.25, 0.3) is 0 Å². The molecule has 0 spiro atoms. The Morgan fingerprint density at radius 2 is 2.06 bits per heavy atom. The molecule has 90 valence electrons. The maximum Gasteiger partial charge on any atom is 0.397 e. The molecule has 0 bridgehead atoms. The monoisotopic (exact) mass is 229 g/mol. The van der Waals surface area contributed by atoms with Crippen molar-refractivity contribution in [1.82, 2.24) is 4.90 Å². The van der Waals surface area contributed by atoms with E-state index in [4.69, 9.17) is 5.11 Å². The van der Waals surface area contributed by atoms with E-state index in [-0.39, 0.29) is 13.2 Å². The molecule has 1 N–H and O–H groups in total. The van der Waals surface area contributed by atoms with Gasteiger partial charge in [0, 0.05) is 12.6 Å². The van der Waals surface area contributed by atoms with Crippen LogP contribution in [0.25, 0.3) is 0 Å². The number of likely N-dealkylation sites (tertiary alicyclic amines) is 1. The zero-order chi connectivity index (χ0) is 12.3. The zero-order valence-electron chi connectivity index (χ0n) is 9.30. The summed E-state index contributed by atoms with van der Waals surface area (Å²) < 4.78 is 4.58. The van der Waals surface area contributed by atoms with Gasteiger partial charge < -0.3 is 14.7 Å². The summed E-state index contributed by atoms with van der Waals surface area (Å²) in [4.78, 5) is 34.8. The minimum absolute atomic E-state index is 0.134. The first-order valence-electron chi connectivity index (χ1n) is 5.19. The molecule has 0 saturated carbocycles. The average Bonchev–Trinajstić information content (AvgIpc) is 2.59. The van der Waals surface area contributed by atoms with Crippen LogP contribution in [-0.4, -0.2) is 47.0 Å². The Morgan fingerprint density at radius 3 is 2.50 bits per heavy atom. The standard InChI is InChI=1S/C10H15NO5/c1-3-16-10(15)8(12)11-5-4-7(6(11)2)9(13)14/h6-7H,3-5H2,1-2H3,(H,13,14)/t6-,7-/m0/s1. The van der Waals surface area contributed by atoms with Gasteiger partial charge in [-0.1, -0.05) is 0 Å². The zero-order valence-corrected chi connectivity index (χ0v) is 9.30. The van der Waals surface area contributed by atoms with Crippen LogP contribution in [0.2, 0.25) is 0 Å². The maximum atomic E-state index is 11.6. The van der Waals surface area contributed by atoms with Crippen molar-refractivity contribution < 1.29 is 24.2 Å². The Labute approximate surface area is 93.2 Å². The van der Waals surface area contributed by atoms with Crippen LogP contribution >= 0.6 is 0 Å². The number of amides is 1. The second kappa shape index (κ2) is 4.96. The molecule has 1 rings (SSSR count). The predicted octanol–water partition coefficient (Wildman–Crippen LogP) is -0.129. The highest BCUT2D eigenvalue weighted by atomic mass is 16.5. The summed E-state index contributed by atoms with van der Waals surface area (Å²) >= 11 is 0. The van der Waals surface area contributed by atoms with E-state index < -0.39 is 29.8 Å². The fourth-order valence-electron chi connectivity index (χ4n) is 1.87. The molecule has 1 aliphatic rings. The second-order valence-corrected chi connectivity index (χ2v) is 3.69. The number of hydrogen-bond donors (Lipinski definition) is 1. The topological polar surface area (TPSA) is 83.9 Å². The summed E-state index contributed by atoms with van der Waals surface area (Å²) in [6.45, 7) is 3.66. The predicted molar refractivity (Wildman–Crippen MR) is 53.6 cm³/mol. The summed E-state index contributed by atoms with van der Waals surface area (Å²) in [5.74, 6) is -3.21. The molecule has 6 nitrogen and oxygen atoms in total. The Morgan fingerprint density at radius 1 is 1.44 bits per heavy atom. The van der Waals surface area contributed by atoms with Crippen LogP contribution in [0.4, 0.5) is 0 Å². The van der Waals surface area contributed by atoms with Gasteiger partial charge in [-0.2, -0.15) is 0 Å². The van der Waals surface area contributed by atoms with Crippen molar-refractivity contribution in [2.24, 2.45) is 5.92 Å². The van der Waals surface area contributed by atoms with Crippen molar-refractivity contribution in [1.29, 1.82) is 0 Å². The van der Waals surface area contributed by atoms with E-state index in [9.17, 15) is 14.4 Å². The number of aliphatic carboxylic acids is 1. The first-order valence-corrected chi connectivity index (χ1v) is 5.19. The van der Waals surface area contributed by atoms with Gasteiger partial charge in [-0.3, -0.25) is 9.59 Å². The number of rotatable bonds is 2. The summed E-state index contributed by atoms with van der Waals surface area (Å²) in [6, 6.07) is -0.464. The second-order valence-electron chi connectivity index (χ2n) is 3.69. The fourth-order valence-corrected chi connectivity index (χ4v) is 1.87. The smallest absolute Gasteiger partial charge is 0.397 e. The number of esters is 1. The molecule has 1 aliphatic heterocycles. The van der Waals surface area contributed by atoms with E-state index in [2.05, 4.69) is 4.74 Å². The SMILES string of the molecule is CCOC(=O)C(=O)N1CC[C@H](C(=O)O)[C@@H]1C. The molecule has 6 heteroatoms. The van der Waals surface area contributed by atoms with E-state index in [1.54, 1.807) is 13.8 Å². The van der Waals surface area contributed by atoms with Crippen molar-refractivity contribution in [2.45, 2.75) is 26.3 Å². The first-order chi connectivity index (χ1) is 7.49. The largest absolute Gasteiger partial charge is 0.481 e. The van der Waals surface area contributed by atoms with E-state index in [0.29, 0.717) is 6.42 Å². The molecule has 1 heterocycles. The fraction of sp³-hybridized carbons (Fsp3) is 0.700. The van der Waals surface area contributed by atoms with Crippen LogP contribution in [0, 0.1) is 5.92 Å². The van der Waals surface area contributed by atoms with Gasteiger partial charge in [0.15, 0.2) is 0 Å². The van der Waals surface area contributed by atoms with Crippen molar-refractivity contribution >= 4 is 17.8 Å². The van der Waals surface area contributed by atoms with Crippen molar-refractivity contribution in [3.05, 3.63) is 0 Å². The van der Waals surface area contributed by atoms with Gasteiger partial charge in [-0.25, -0.2) is 4.79 Å². The lowest BCUT2D eigenvalue weighted by Gasteiger charge is -2.21. The Hall–Kier alpha value is -1.59. The van der Waals surface area contributed by atoms with E-state index in [1.807, 2.05) is 0 Å². The Bertz CT molecular complexity index is 314. The number of carbonyl (C=O) groups excluding carboxylic acids is 2. The highest BCUT2D eigenvalue weighted by molar-refractivity contribution is 6.32. The van der Waals surface area contributed by atoms with Crippen LogP contribution in [0.5, 0.6) is 0 Å². The Balaban J connectivity index is 2.66. The van der Waals surface area contributed by atoms with Gasteiger partial charge in [0.2, 0.25) is 0 Å². The lowest BCUT2D eigenvalue weighted by Crippen LogP contribution is -2.42. The summed E-state index contributed by atoms with van der Waals surface area (Å²) in [5, 5.41) is 8.87. The minimum Gasteiger partial charge on any atom is -0.481 e. The molecule has 1 amide bonds. The van der Waals surface area contributed by atoms with E-state index in [0.717, 1.165) is 0 Å². The van der Waals surface area contributed by atoms with Crippen LogP contribution in [0.1, 0.15) is 20.3 Å². The number of carboxylic acid groups (broad SMARTS) is 1. The molecule has 0 radical (unpaired) electrons. The number of carboxylic acids is 1. The molecule has 0 aromatic heterocycles. The van der Waals surface area contributed by atoms with Crippen LogP contribution in [0.15, 0.2) is 0 Å². The van der Waals surface area contributed by atoms with Gasteiger partial charge >= 0.3 is 17.8 Å². The van der Waals surface area contributed by atoms with Crippen molar-refractivity contribution in [2.75, 3.05) is 13.2 Å². The number of hydrogen-bond acceptors (Lipinski definition) is 4. The lowest BCUT2D eigenvalue weighted by molar-refractivity contribution is -0.160. The number of nitrogens with zero attached hydrogens (tertiary/aromatic N) is 1. The van der Waals surface area contributed by atoms with Crippen molar-refractivity contribution in [3.8, 4) is 0 Å². The molecule has 1 fully saturated rings. The number of carbonyl (C=O) groups is 3. The molecule has 0 aromatic carbocycles. The quantitative estimate of drug-likeness (QED) is 0.526. The molecule has 0 unspecified atom stereocenters. The highest BCUT2D eigenvalue weighted by Gasteiger charge is 2.40. The molecule has 2 atom stereocenters. The Kier molecular flexibility index (Phi) is 3.87. The lowest BCUT2D eigenvalue weighted by atomic mass is 10.0. The molecule has 16 heavy (non-hydrogen) atoms. The van der Waals surface area contributed by atoms with Crippen molar-refractivity contribution in [3.63, 3.8) is 0 Å². The van der Waals surface area contributed by atoms with Gasteiger partial charge in [0.05, 0.1) is 12.5 Å². The number of ether oxygens (including phenoxy) is 1. The molecular weight excluding hydrogens is 214 g/mol. The average molecular weight is 229 g/mol. The van der Waals surface area contributed by atoms with Gasteiger partial charge in [-0.15, -0.1) is 0 Å². The summed E-state index contributed by atoms with van der Waals surface area (Å²) in [6.07, 6.45) is 0.377. The van der Waals surface area contributed by atoms with Crippen LogP contribution in [-0.2, 0) is 19.1 Å². The van der Waals surface area contributed by atoms with Crippen LogP contribution in [0.3, 0.4) is 0 Å². The highest BCUT2D eigenvalue weighted by Crippen LogP contribution is 2.24. The first kappa shape index (κ1) is 12.5. The molecular formula is C10H15NO5. The van der Waals surface area contributed by atoms with Gasteiger partial charge in [-0.05, 0) is 20.3 Å². The summed E-state index contributed by atoms with van der Waals surface area (Å²) in [7, 11) is 0. The normalized spacial score (nSPS) is 24.2. The molecule has 0 aliphatic carbocycles. The summed E-state index contributed by atoms with van der Waals surface area (Å²) in [5.41, 5.74) is 0. The molecule has 1 saturated heterocycles. The van der Waals surface area contributed by atoms with Gasteiger partial charge in [0.1, 0.15) is 0 Å². The van der Waals surface area contributed by atoms with E-state index >= 15 is 0 Å². The van der Waals surface area contributed by atoms with E-state index in [1.165, 1.54) is 4.90 Å². The van der Waals surface area contributed by atoms with Crippen LogP contribution < -0.4 is 0 Å². The third-order valence-corrected chi connectivity index (χ3v) is 2.78. The maximum absolute atomic E-state index is 11.6.